The second-order valence-electron chi connectivity index (χ2n) is 4.96. The Kier molecular flexibility index (Phi) is 3.43. The largest absolute Gasteiger partial charge is 0.340 e. The smallest absolute Gasteiger partial charge is 0.328 e. The molecule has 1 aliphatic heterocycles. The Morgan fingerprint density at radius 2 is 2.35 bits per heavy atom. The van der Waals surface area contributed by atoms with Crippen molar-refractivity contribution in [2.24, 2.45) is 0 Å². The van der Waals surface area contributed by atoms with Gasteiger partial charge in [0.15, 0.2) is 5.82 Å². The number of rotatable bonds is 2. The first-order chi connectivity index (χ1) is 9.66. The minimum absolute atomic E-state index is 0.0253. The van der Waals surface area contributed by atoms with Gasteiger partial charge in [0, 0.05) is 11.4 Å². The third-order valence-electron chi connectivity index (χ3n) is 3.69. The number of aromatic amines is 2. The molecule has 106 valence electrons. The lowest BCUT2D eigenvalue weighted by atomic mass is 10.0. The number of aryl methyl sites for hydroxylation is 1. The fraction of sp³-hybridized carbons (Fsp3) is 0.462. The summed E-state index contributed by atoms with van der Waals surface area (Å²) < 4.78 is 0. The number of amides is 1. The lowest BCUT2D eigenvalue weighted by Gasteiger charge is -2.34. The van der Waals surface area contributed by atoms with Gasteiger partial charge in [-0.3, -0.25) is 9.78 Å². The molecule has 0 aromatic carbocycles. The van der Waals surface area contributed by atoms with Gasteiger partial charge in [-0.2, -0.15) is 5.10 Å². The number of carbonyl (C=O) groups excluding carboxylic acids is 1. The average molecular weight is 292 g/mol. The first kappa shape index (κ1) is 13.1. The van der Waals surface area contributed by atoms with Crippen molar-refractivity contribution in [1.82, 2.24) is 20.1 Å². The second kappa shape index (κ2) is 5.24. The Morgan fingerprint density at radius 3 is 3.00 bits per heavy atom. The van der Waals surface area contributed by atoms with Crippen LogP contribution in [0.3, 0.4) is 0 Å². The molecule has 0 aliphatic carbocycles. The second-order valence-corrected chi connectivity index (χ2v) is 6.08. The van der Waals surface area contributed by atoms with Crippen molar-refractivity contribution in [3.8, 4) is 0 Å². The Balaban J connectivity index is 1.91. The summed E-state index contributed by atoms with van der Waals surface area (Å²) >= 11 is 1.57. The van der Waals surface area contributed by atoms with E-state index in [2.05, 4.69) is 15.2 Å². The van der Waals surface area contributed by atoms with Gasteiger partial charge in [-0.25, -0.2) is 9.89 Å². The predicted molar refractivity (Wildman–Crippen MR) is 75.9 cm³/mol. The molecular weight excluding hydrogens is 276 g/mol. The van der Waals surface area contributed by atoms with Crippen molar-refractivity contribution in [2.45, 2.75) is 32.2 Å². The molecule has 20 heavy (non-hydrogen) atoms. The Hall–Kier alpha value is -1.89. The predicted octanol–water partition coefficient (Wildman–Crippen LogP) is 1.84. The molecule has 2 N–H and O–H groups in total. The zero-order valence-electron chi connectivity index (χ0n) is 11.2. The minimum Gasteiger partial charge on any atom is -0.328 e. The summed E-state index contributed by atoms with van der Waals surface area (Å²) in [5, 5.41) is 8.29. The molecule has 2 aromatic rings. The van der Waals surface area contributed by atoms with Gasteiger partial charge in [0.2, 0.25) is 0 Å². The zero-order valence-corrected chi connectivity index (χ0v) is 12.0. The highest BCUT2D eigenvalue weighted by molar-refractivity contribution is 7.10. The normalized spacial score (nSPS) is 19.2. The van der Waals surface area contributed by atoms with Gasteiger partial charge in [-0.05, 0) is 37.6 Å². The van der Waals surface area contributed by atoms with Crippen LogP contribution >= 0.6 is 11.3 Å². The molecule has 3 rings (SSSR count). The maximum atomic E-state index is 12.7. The molecule has 2 aromatic heterocycles. The Bertz CT molecular complexity index is 672. The van der Waals surface area contributed by atoms with Crippen LogP contribution in [0.1, 0.15) is 46.4 Å². The van der Waals surface area contributed by atoms with Gasteiger partial charge in [-0.15, -0.1) is 11.3 Å². The van der Waals surface area contributed by atoms with Crippen LogP contribution in [0.15, 0.2) is 16.2 Å². The number of nitrogens with one attached hydrogen (secondary N) is 2. The molecule has 1 saturated heterocycles. The van der Waals surface area contributed by atoms with Crippen LogP contribution in [-0.4, -0.2) is 32.5 Å². The maximum absolute atomic E-state index is 12.7. The van der Waals surface area contributed by atoms with Crippen LogP contribution in [0.4, 0.5) is 0 Å². The topological polar surface area (TPSA) is 81.8 Å². The molecule has 1 amide bonds. The third kappa shape index (κ3) is 2.29. The summed E-state index contributed by atoms with van der Waals surface area (Å²) in [5.41, 5.74) is 0.421. The van der Waals surface area contributed by atoms with Crippen molar-refractivity contribution < 1.29 is 4.79 Å². The number of likely N-dealkylation sites (tertiary alicyclic amines) is 1. The van der Waals surface area contributed by atoms with E-state index in [-0.39, 0.29) is 17.6 Å². The molecule has 7 heteroatoms. The van der Waals surface area contributed by atoms with Gasteiger partial charge >= 0.3 is 5.69 Å². The van der Waals surface area contributed by atoms with Crippen LogP contribution in [0.25, 0.3) is 0 Å². The molecule has 3 heterocycles. The standard InChI is InChI=1S/C13H16N4O2S/c1-8-9(5-7-20-8)12(18)17-6-3-2-4-10(17)11-14-13(19)16-15-11/h5,7,10H,2-4,6H2,1H3,(H2,14,15,16,19). The van der Waals surface area contributed by atoms with Gasteiger partial charge < -0.3 is 4.90 Å². The van der Waals surface area contributed by atoms with E-state index in [1.165, 1.54) is 0 Å². The number of piperidine rings is 1. The molecule has 1 atom stereocenters. The maximum Gasteiger partial charge on any atom is 0.340 e. The van der Waals surface area contributed by atoms with Crippen molar-refractivity contribution in [3.05, 3.63) is 38.2 Å². The zero-order chi connectivity index (χ0) is 14.1. The van der Waals surface area contributed by atoms with E-state index in [0.29, 0.717) is 12.4 Å². The molecule has 0 spiro atoms. The first-order valence-electron chi connectivity index (χ1n) is 6.66. The quantitative estimate of drug-likeness (QED) is 0.886. The van der Waals surface area contributed by atoms with Crippen molar-refractivity contribution in [3.63, 3.8) is 0 Å². The van der Waals surface area contributed by atoms with Gasteiger partial charge in [-0.1, -0.05) is 0 Å². The lowest BCUT2D eigenvalue weighted by molar-refractivity contribution is 0.0600. The van der Waals surface area contributed by atoms with Crippen LogP contribution in [0.2, 0.25) is 0 Å². The van der Waals surface area contributed by atoms with E-state index in [0.717, 1.165) is 29.7 Å². The third-order valence-corrected chi connectivity index (χ3v) is 4.53. The molecule has 0 radical (unpaired) electrons. The SMILES string of the molecule is Cc1sccc1C(=O)N1CCCCC1c1n[nH]c(=O)[nH]1. The van der Waals surface area contributed by atoms with E-state index < -0.39 is 0 Å². The van der Waals surface area contributed by atoms with Gasteiger partial charge in [0.1, 0.15) is 0 Å². The monoisotopic (exact) mass is 292 g/mol. The highest BCUT2D eigenvalue weighted by Crippen LogP contribution is 2.30. The number of thiophene rings is 1. The fourth-order valence-corrected chi connectivity index (χ4v) is 3.35. The molecular formula is C13H16N4O2S. The van der Waals surface area contributed by atoms with Gasteiger partial charge in [0.25, 0.3) is 5.91 Å². The van der Waals surface area contributed by atoms with Crippen LogP contribution in [0, 0.1) is 6.92 Å². The number of hydrogen-bond acceptors (Lipinski definition) is 4. The van der Waals surface area contributed by atoms with Crippen LogP contribution in [-0.2, 0) is 0 Å². The molecule has 1 fully saturated rings. The van der Waals surface area contributed by atoms with Crippen molar-refractivity contribution in [2.75, 3.05) is 6.54 Å². The highest BCUT2D eigenvalue weighted by atomic mass is 32.1. The Labute approximate surface area is 119 Å². The average Bonchev–Trinajstić information content (AvgIpc) is 3.07. The molecule has 0 saturated carbocycles. The fourth-order valence-electron chi connectivity index (χ4n) is 2.66. The van der Waals surface area contributed by atoms with Crippen LogP contribution in [0.5, 0.6) is 0 Å². The lowest BCUT2D eigenvalue weighted by Crippen LogP contribution is -2.39. The van der Waals surface area contributed by atoms with E-state index in [4.69, 9.17) is 0 Å². The summed E-state index contributed by atoms with van der Waals surface area (Å²) in [6.45, 7) is 2.65. The van der Waals surface area contributed by atoms with E-state index >= 15 is 0 Å². The Morgan fingerprint density at radius 1 is 1.50 bits per heavy atom. The number of H-pyrrole nitrogens is 2. The van der Waals surface area contributed by atoms with Crippen molar-refractivity contribution in [1.29, 1.82) is 0 Å². The summed E-state index contributed by atoms with van der Waals surface area (Å²) in [6, 6.07) is 1.72. The molecule has 6 nitrogen and oxygen atoms in total. The summed E-state index contributed by atoms with van der Waals surface area (Å²) in [6.07, 6.45) is 2.85. The minimum atomic E-state index is -0.329. The number of nitrogens with zero attached hydrogens (tertiary/aromatic N) is 2. The summed E-state index contributed by atoms with van der Waals surface area (Å²) in [7, 11) is 0. The highest BCUT2D eigenvalue weighted by Gasteiger charge is 2.31. The van der Waals surface area contributed by atoms with Crippen LogP contribution < -0.4 is 5.69 Å². The first-order valence-corrected chi connectivity index (χ1v) is 7.54. The van der Waals surface area contributed by atoms with E-state index in [1.54, 1.807) is 11.3 Å². The molecule has 1 unspecified atom stereocenters. The number of carbonyl (C=O) groups is 1. The number of hydrogen-bond donors (Lipinski definition) is 2. The molecule has 0 bridgehead atoms. The van der Waals surface area contributed by atoms with E-state index in [9.17, 15) is 9.59 Å². The van der Waals surface area contributed by atoms with Crippen molar-refractivity contribution >= 4 is 17.2 Å². The number of aromatic nitrogens is 3. The van der Waals surface area contributed by atoms with E-state index in [1.807, 2.05) is 23.3 Å². The van der Waals surface area contributed by atoms with Gasteiger partial charge in [0.05, 0.1) is 11.6 Å². The summed E-state index contributed by atoms with van der Waals surface area (Å²) in [4.78, 5) is 29.4. The summed E-state index contributed by atoms with van der Waals surface area (Å²) in [5.74, 6) is 0.577. The molecule has 1 aliphatic rings.